The van der Waals surface area contributed by atoms with E-state index in [1.54, 1.807) is 12.1 Å². The molecule has 14 heteroatoms. The molecule has 0 radical (unpaired) electrons. The third-order valence-corrected chi connectivity index (χ3v) is 7.07. The predicted octanol–water partition coefficient (Wildman–Crippen LogP) is 2.00. The molecule has 224 valence electrons. The molecule has 0 saturated carbocycles. The van der Waals surface area contributed by atoms with E-state index in [1.807, 2.05) is 34.9 Å². The molecular formula is C29H29N5O8S. The Balaban J connectivity index is 1.58. The molecule has 13 nitrogen and oxygen atoms in total. The molecule has 0 aliphatic heterocycles. The summed E-state index contributed by atoms with van der Waals surface area (Å²) in [7, 11) is 7.30. The SMILES string of the molecule is COc1cc(-c2[nH]nc(SCC(=O)N/N=C/c3ccc(OC)c(OC)c3C(=O)[O-])[n+]2-c2ccccc2)cc(OC)c1OC. The summed E-state index contributed by atoms with van der Waals surface area (Å²) in [5, 5.41) is 23.7. The first-order chi connectivity index (χ1) is 20.9. The van der Waals surface area contributed by atoms with Gasteiger partial charge in [0, 0.05) is 5.56 Å². The van der Waals surface area contributed by atoms with Crippen LogP contribution in [0.4, 0.5) is 0 Å². The summed E-state index contributed by atoms with van der Waals surface area (Å²) in [6, 6.07) is 16.1. The fraction of sp³-hybridized carbons (Fsp3) is 0.207. The van der Waals surface area contributed by atoms with Crippen LogP contribution in [0.3, 0.4) is 0 Å². The lowest BCUT2D eigenvalue weighted by molar-refractivity contribution is -0.625. The van der Waals surface area contributed by atoms with Gasteiger partial charge in [-0.1, -0.05) is 18.2 Å². The second-order valence-corrected chi connectivity index (χ2v) is 9.52. The number of carboxylic acids is 1. The molecule has 0 atom stereocenters. The van der Waals surface area contributed by atoms with Crippen LogP contribution in [0.15, 0.2) is 64.9 Å². The highest BCUT2D eigenvalue weighted by molar-refractivity contribution is 7.99. The highest BCUT2D eigenvalue weighted by atomic mass is 32.2. The van der Waals surface area contributed by atoms with Gasteiger partial charge in [-0.25, -0.2) is 5.43 Å². The van der Waals surface area contributed by atoms with E-state index in [0.717, 1.165) is 5.69 Å². The first-order valence-electron chi connectivity index (χ1n) is 12.6. The van der Waals surface area contributed by atoms with E-state index in [4.69, 9.17) is 23.7 Å². The lowest BCUT2D eigenvalue weighted by atomic mass is 10.1. The fourth-order valence-corrected chi connectivity index (χ4v) is 4.98. The predicted molar refractivity (Wildman–Crippen MR) is 156 cm³/mol. The molecule has 0 spiro atoms. The van der Waals surface area contributed by atoms with E-state index < -0.39 is 11.9 Å². The normalized spacial score (nSPS) is 10.8. The number of para-hydroxylation sites is 1. The molecule has 1 amide bonds. The van der Waals surface area contributed by atoms with E-state index in [0.29, 0.717) is 33.8 Å². The number of thioether (sulfide) groups is 1. The van der Waals surface area contributed by atoms with E-state index in [1.165, 1.54) is 65.7 Å². The standard InChI is InChI=1S/C29H29N5O8S/c1-38-20-12-11-17(24(28(36)37)26(20)42-5)15-30-31-23(35)16-43-29-33-32-27(34(29)19-9-7-6-8-10-19)18-13-21(39-2)25(41-4)22(14-18)40-3/h6-15H,16H2,1-5H3,(H2,31,35,36,37)/b30-15+. The van der Waals surface area contributed by atoms with Gasteiger partial charge in [-0.15, -0.1) is 5.10 Å². The number of amides is 1. The van der Waals surface area contributed by atoms with Crippen LogP contribution in [0.25, 0.3) is 17.1 Å². The number of aromatic amines is 1. The van der Waals surface area contributed by atoms with Crippen LogP contribution in [0.2, 0.25) is 0 Å². The van der Waals surface area contributed by atoms with Crippen molar-refractivity contribution < 1.29 is 42.9 Å². The summed E-state index contributed by atoms with van der Waals surface area (Å²) in [6.07, 6.45) is 1.19. The summed E-state index contributed by atoms with van der Waals surface area (Å²) < 4.78 is 28.7. The number of rotatable bonds is 13. The number of aromatic carboxylic acids is 1. The van der Waals surface area contributed by atoms with Gasteiger partial charge in [0.05, 0.1) is 69.7 Å². The highest BCUT2D eigenvalue weighted by Gasteiger charge is 2.27. The van der Waals surface area contributed by atoms with Gasteiger partial charge in [0.25, 0.3) is 11.7 Å². The Bertz CT molecular complexity index is 1620. The molecule has 0 aliphatic carbocycles. The number of ether oxygens (including phenoxy) is 5. The maximum absolute atomic E-state index is 12.7. The summed E-state index contributed by atoms with van der Waals surface area (Å²) >= 11 is 1.17. The van der Waals surface area contributed by atoms with Crippen molar-refractivity contribution in [3.05, 3.63) is 65.7 Å². The number of aromatic nitrogens is 3. The number of methoxy groups -OCH3 is 5. The molecule has 0 bridgehead atoms. The van der Waals surface area contributed by atoms with Crippen molar-refractivity contribution in [1.82, 2.24) is 15.6 Å². The molecule has 1 heterocycles. The lowest BCUT2D eigenvalue weighted by Crippen LogP contribution is -2.34. The lowest BCUT2D eigenvalue weighted by Gasteiger charge is -2.15. The fourth-order valence-electron chi connectivity index (χ4n) is 4.22. The van der Waals surface area contributed by atoms with Crippen molar-refractivity contribution in [3.63, 3.8) is 0 Å². The first kappa shape index (κ1) is 30.7. The molecule has 0 unspecified atom stereocenters. The average Bonchev–Trinajstić information content (AvgIpc) is 3.46. The average molecular weight is 608 g/mol. The van der Waals surface area contributed by atoms with Crippen molar-refractivity contribution in [1.29, 1.82) is 0 Å². The van der Waals surface area contributed by atoms with Crippen molar-refractivity contribution in [3.8, 4) is 45.8 Å². The maximum Gasteiger partial charge on any atom is 0.342 e. The van der Waals surface area contributed by atoms with E-state index in [9.17, 15) is 14.7 Å². The van der Waals surface area contributed by atoms with Crippen LogP contribution in [0, 0.1) is 0 Å². The number of hydrogen-bond acceptors (Lipinski definition) is 11. The topological polar surface area (TPSA) is 160 Å². The monoisotopic (exact) mass is 607 g/mol. The minimum absolute atomic E-state index is 0.0137. The molecule has 0 fully saturated rings. The van der Waals surface area contributed by atoms with Gasteiger partial charge in [-0.05, 0) is 48.2 Å². The minimum atomic E-state index is -1.48. The van der Waals surface area contributed by atoms with Gasteiger partial charge in [-0.2, -0.15) is 9.67 Å². The third-order valence-electron chi connectivity index (χ3n) is 6.13. The molecule has 3 aromatic carbocycles. The Morgan fingerprint density at radius 2 is 1.58 bits per heavy atom. The number of nitrogens with one attached hydrogen (secondary N) is 2. The van der Waals surface area contributed by atoms with Crippen molar-refractivity contribution in [2.24, 2.45) is 5.10 Å². The van der Waals surface area contributed by atoms with Gasteiger partial charge < -0.3 is 33.6 Å². The molecule has 0 saturated heterocycles. The minimum Gasteiger partial charge on any atom is -0.545 e. The molecule has 0 aliphatic rings. The number of carboxylic acid groups (broad SMARTS) is 1. The zero-order valence-electron chi connectivity index (χ0n) is 24.0. The summed E-state index contributed by atoms with van der Waals surface area (Å²) in [5.41, 5.74) is 3.81. The van der Waals surface area contributed by atoms with Crippen LogP contribution in [0.1, 0.15) is 15.9 Å². The second-order valence-electron chi connectivity index (χ2n) is 8.57. The zero-order valence-corrected chi connectivity index (χ0v) is 24.8. The number of benzene rings is 3. The zero-order chi connectivity index (χ0) is 30.9. The van der Waals surface area contributed by atoms with Gasteiger partial charge in [0.1, 0.15) is 5.69 Å². The van der Waals surface area contributed by atoms with Crippen LogP contribution >= 0.6 is 11.8 Å². The first-order valence-corrected chi connectivity index (χ1v) is 13.6. The number of H-pyrrole nitrogens is 1. The van der Waals surface area contributed by atoms with E-state index in [2.05, 4.69) is 20.7 Å². The number of hydrazone groups is 1. The molecule has 1 aromatic heterocycles. The van der Waals surface area contributed by atoms with Gasteiger partial charge >= 0.3 is 5.16 Å². The summed E-state index contributed by atoms with van der Waals surface area (Å²) in [6.45, 7) is 0. The van der Waals surface area contributed by atoms with Crippen LogP contribution < -0.4 is 38.8 Å². The van der Waals surface area contributed by atoms with E-state index >= 15 is 0 Å². The number of hydrogen-bond donors (Lipinski definition) is 2. The molecule has 4 aromatic rings. The van der Waals surface area contributed by atoms with E-state index in [-0.39, 0.29) is 28.4 Å². The Morgan fingerprint density at radius 1 is 0.930 bits per heavy atom. The summed E-state index contributed by atoms with van der Waals surface area (Å²) in [4.78, 5) is 24.4. The molecular weight excluding hydrogens is 578 g/mol. The van der Waals surface area contributed by atoms with Crippen molar-refractivity contribution >= 4 is 29.9 Å². The second kappa shape index (κ2) is 14.1. The Kier molecular flexibility index (Phi) is 10.1. The number of carbonyl (C=O) groups is 2. The Labute approximate surface area is 251 Å². The van der Waals surface area contributed by atoms with Crippen LogP contribution in [0.5, 0.6) is 28.7 Å². The summed E-state index contributed by atoms with van der Waals surface area (Å²) in [5.74, 6) is 0.211. The Morgan fingerprint density at radius 3 is 2.16 bits per heavy atom. The van der Waals surface area contributed by atoms with Crippen LogP contribution in [-0.2, 0) is 4.79 Å². The largest absolute Gasteiger partial charge is 0.545 e. The third kappa shape index (κ3) is 6.64. The quantitative estimate of drug-likeness (QED) is 0.0996. The smallest absolute Gasteiger partial charge is 0.342 e. The number of nitrogens with zero attached hydrogens (tertiary/aromatic N) is 3. The molecule has 2 N–H and O–H groups in total. The molecule has 43 heavy (non-hydrogen) atoms. The highest BCUT2D eigenvalue weighted by Crippen LogP contribution is 2.40. The van der Waals surface area contributed by atoms with Gasteiger partial charge in [-0.3, -0.25) is 4.79 Å². The molecule has 4 rings (SSSR count). The van der Waals surface area contributed by atoms with Crippen LogP contribution in [-0.4, -0.2) is 69.6 Å². The Hall–Kier alpha value is -5.24. The van der Waals surface area contributed by atoms with Gasteiger partial charge in [0.15, 0.2) is 23.0 Å². The van der Waals surface area contributed by atoms with Crippen molar-refractivity contribution in [2.75, 3.05) is 41.3 Å². The van der Waals surface area contributed by atoms with Gasteiger partial charge in [0.2, 0.25) is 5.75 Å². The maximum atomic E-state index is 12.7. The number of carbonyl (C=O) groups excluding carboxylic acids is 2. The van der Waals surface area contributed by atoms with Crippen molar-refractivity contribution in [2.45, 2.75) is 5.16 Å².